The van der Waals surface area contributed by atoms with E-state index in [0.29, 0.717) is 24.3 Å². The third-order valence-electron chi connectivity index (χ3n) is 4.76. The first-order valence-corrected chi connectivity index (χ1v) is 10.9. The molecule has 0 fully saturated rings. The second-order valence-corrected chi connectivity index (χ2v) is 8.75. The molecule has 0 aliphatic rings. The molecule has 0 aliphatic carbocycles. The fourth-order valence-electron chi connectivity index (χ4n) is 3.08. The normalized spacial score (nSPS) is 14.1. The number of nitrogens with two attached hydrogens (primary N) is 1. The highest BCUT2D eigenvalue weighted by molar-refractivity contribution is 7.89. The smallest absolute Gasteiger partial charge is 0.282 e. The van der Waals surface area contributed by atoms with E-state index in [1.54, 1.807) is 46.1 Å². The Kier molecular flexibility index (Phi) is 7.40. The van der Waals surface area contributed by atoms with Gasteiger partial charge in [-0.05, 0) is 50.6 Å². The number of carbonyl (C=O) groups excluding carboxylic acids is 1. The monoisotopic (exact) mass is 408 g/mol. The zero-order chi connectivity index (χ0) is 20.9. The zero-order valence-electron chi connectivity index (χ0n) is 17.1. The number of hydrogen-bond acceptors (Lipinski definition) is 4. The number of quaternary nitrogens is 1. The summed E-state index contributed by atoms with van der Waals surface area (Å²) in [5.74, 6) is 0.594. The number of anilines is 1. The standard InChI is InChI=1S/C20H29N3O4S/c1-6-23(7-2)28(25,26)19-13-17(11-10-14(19)3)22-20(24)16(5)21-15(4)18-9-8-12-27-18/h8-13,15-16,21H,6-7H2,1-5H3,(H,22,24)/p+1/t15-,16+/m1/s1. The van der Waals surface area contributed by atoms with Gasteiger partial charge in [0.2, 0.25) is 10.0 Å². The third kappa shape index (κ3) is 5.01. The Morgan fingerprint density at radius 2 is 1.89 bits per heavy atom. The lowest BCUT2D eigenvalue weighted by Gasteiger charge is -2.20. The van der Waals surface area contributed by atoms with E-state index in [1.807, 2.05) is 24.4 Å². The summed E-state index contributed by atoms with van der Waals surface area (Å²) in [6.07, 6.45) is 1.61. The highest BCUT2D eigenvalue weighted by atomic mass is 32.2. The molecule has 1 amide bonds. The number of benzene rings is 1. The van der Waals surface area contributed by atoms with E-state index >= 15 is 0 Å². The highest BCUT2D eigenvalue weighted by Crippen LogP contribution is 2.23. The van der Waals surface area contributed by atoms with Crippen molar-refractivity contribution in [1.29, 1.82) is 0 Å². The van der Waals surface area contributed by atoms with Crippen molar-refractivity contribution in [1.82, 2.24) is 4.31 Å². The summed E-state index contributed by atoms with van der Waals surface area (Å²) in [6, 6.07) is 8.27. The van der Waals surface area contributed by atoms with Crippen molar-refractivity contribution in [3.8, 4) is 0 Å². The Morgan fingerprint density at radius 3 is 2.46 bits per heavy atom. The van der Waals surface area contributed by atoms with Crippen LogP contribution in [-0.2, 0) is 14.8 Å². The first kappa shape index (κ1) is 22.1. The number of aryl methyl sites for hydroxylation is 1. The molecule has 3 N–H and O–H groups in total. The van der Waals surface area contributed by atoms with Crippen LogP contribution in [0.25, 0.3) is 0 Å². The minimum absolute atomic E-state index is 0.00706. The molecular weight excluding hydrogens is 378 g/mol. The molecule has 0 aliphatic heterocycles. The average Bonchev–Trinajstić information content (AvgIpc) is 3.18. The maximum Gasteiger partial charge on any atom is 0.282 e. The molecule has 8 heteroatoms. The minimum Gasteiger partial charge on any atom is -0.463 e. The van der Waals surface area contributed by atoms with Crippen LogP contribution in [0.5, 0.6) is 0 Å². The van der Waals surface area contributed by atoms with Crippen LogP contribution in [0, 0.1) is 6.92 Å². The molecule has 2 rings (SSSR count). The summed E-state index contributed by atoms with van der Waals surface area (Å²) in [5.41, 5.74) is 1.11. The van der Waals surface area contributed by atoms with Crippen LogP contribution in [0.15, 0.2) is 45.9 Å². The van der Waals surface area contributed by atoms with Crippen LogP contribution in [0.2, 0.25) is 0 Å². The molecule has 2 aromatic rings. The van der Waals surface area contributed by atoms with E-state index in [-0.39, 0.29) is 22.9 Å². The number of carbonyl (C=O) groups is 1. The Balaban J connectivity index is 2.15. The van der Waals surface area contributed by atoms with Gasteiger partial charge >= 0.3 is 0 Å². The van der Waals surface area contributed by atoms with Crippen LogP contribution >= 0.6 is 0 Å². The van der Waals surface area contributed by atoms with E-state index in [1.165, 1.54) is 10.4 Å². The van der Waals surface area contributed by atoms with Gasteiger partial charge in [-0.15, -0.1) is 0 Å². The zero-order valence-corrected chi connectivity index (χ0v) is 17.9. The van der Waals surface area contributed by atoms with Crippen molar-refractivity contribution >= 4 is 21.6 Å². The average molecular weight is 409 g/mol. The molecule has 0 saturated carbocycles. The number of nitrogens with one attached hydrogen (secondary N) is 1. The van der Waals surface area contributed by atoms with Crippen LogP contribution in [0.1, 0.15) is 45.1 Å². The predicted octanol–water partition coefficient (Wildman–Crippen LogP) is 2.27. The van der Waals surface area contributed by atoms with Crippen molar-refractivity contribution < 1.29 is 22.9 Å². The number of nitrogens with zero attached hydrogens (tertiary/aromatic N) is 1. The molecule has 154 valence electrons. The maximum atomic E-state index is 12.9. The lowest BCUT2D eigenvalue weighted by molar-refractivity contribution is -0.711. The third-order valence-corrected chi connectivity index (χ3v) is 6.95. The van der Waals surface area contributed by atoms with E-state index in [0.717, 1.165) is 5.76 Å². The lowest BCUT2D eigenvalue weighted by atomic mass is 10.2. The first-order valence-electron chi connectivity index (χ1n) is 9.50. The molecule has 0 spiro atoms. The predicted molar refractivity (Wildman–Crippen MR) is 108 cm³/mol. The highest BCUT2D eigenvalue weighted by Gasteiger charge is 2.25. The quantitative estimate of drug-likeness (QED) is 0.665. The molecule has 1 heterocycles. The summed E-state index contributed by atoms with van der Waals surface area (Å²) < 4.78 is 32.5. The van der Waals surface area contributed by atoms with Crippen LogP contribution < -0.4 is 10.6 Å². The number of furan rings is 1. The van der Waals surface area contributed by atoms with E-state index in [9.17, 15) is 13.2 Å². The number of rotatable bonds is 9. The topological polar surface area (TPSA) is 96.2 Å². The van der Waals surface area contributed by atoms with Crippen LogP contribution in [0.4, 0.5) is 5.69 Å². The molecule has 0 saturated heterocycles. The molecule has 2 atom stereocenters. The fourth-order valence-corrected chi connectivity index (χ4v) is 4.79. The molecule has 1 aromatic heterocycles. The van der Waals surface area contributed by atoms with Gasteiger partial charge in [0.05, 0.1) is 11.2 Å². The Hall–Kier alpha value is -2.16. The second kappa shape index (κ2) is 9.36. The fraction of sp³-hybridized carbons (Fsp3) is 0.450. The Labute approximate surface area is 167 Å². The number of hydrogen-bond donors (Lipinski definition) is 2. The van der Waals surface area contributed by atoms with Crippen LogP contribution in [0.3, 0.4) is 0 Å². The van der Waals surface area contributed by atoms with Gasteiger partial charge in [0.15, 0.2) is 11.8 Å². The van der Waals surface area contributed by atoms with Crippen molar-refractivity contribution in [3.63, 3.8) is 0 Å². The van der Waals surface area contributed by atoms with Gasteiger partial charge in [0, 0.05) is 18.8 Å². The van der Waals surface area contributed by atoms with Crippen LogP contribution in [-0.4, -0.2) is 37.8 Å². The van der Waals surface area contributed by atoms with Gasteiger partial charge in [-0.3, -0.25) is 4.79 Å². The summed E-state index contributed by atoms with van der Waals surface area (Å²) in [7, 11) is -3.60. The van der Waals surface area contributed by atoms with Gasteiger partial charge in [0.25, 0.3) is 5.91 Å². The first-order chi connectivity index (χ1) is 13.2. The Morgan fingerprint density at radius 1 is 1.21 bits per heavy atom. The van der Waals surface area contributed by atoms with Crippen molar-refractivity contribution in [3.05, 3.63) is 47.9 Å². The lowest BCUT2D eigenvalue weighted by Crippen LogP contribution is -2.91. The molecule has 0 bridgehead atoms. The van der Waals surface area contributed by atoms with Crippen molar-refractivity contribution in [2.75, 3.05) is 18.4 Å². The molecular formula is C20H30N3O4S+. The molecule has 0 radical (unpaired) electrons. The SMILES string of the molecule is CCN(CC)S(=O)(=O)c1cc(NC(=O)[C@H](C)[NH2+][C@H](C)c2ccco2)ccc1C. The maximum absolute atomic E-state index is 12.9. The van der Waals surface area contributed by atoms with E-state index in [2.05, 4.69) is 5.32 Å². The minimum atomic E-state index is -3.60. The molecule has 28 heavy (non-hydrogen) atoms. The largest absolute Gasteiger partial charge is 0.463 e. The van der Waals surface area contributed by atoms with Gasteiger partial charge in [-0.25, -0.2) is 8.42 Å². The summed E-state index contributed by atoms with van der Waals surface area (Å²) in [5, 5.41) is 4.72. The Bertz CT molecular complexity index is 890. The summed E-state index contributed by atoms with van der Waals surface area (Å²) in [6.45, 7) is 9.92. The van der Waals surface area contributed by atoms with Gasteiger partial charge in [-0.1, -0.05) is 19.9 Å². The molecule has 7 nitrogen and oxygen atoms in total. The van der Waals surface area contributed by atoms with E-state index < -0.39 is 10.0 Å². The molecule has 1 aromatic carbocycles. The van der Waals surface area contributed by atoms with Crippen molar-refractivity contribution in [2.45, 2.75) is 51.6 Å². The van der Waals surface area contributed by atoms with Gasteiger partial charge in [-0.2, -0.15) is 4.31 Å². The van der Waals surface area contributed by atoms with E-state index in [4.69, 9.17) is 4.42 Å². The van der Waals surface area contributed by atoms with Crippen molar-refractivity contribution in [2.24, 2.45) is 0 Å². The number of sulfonamides is 1. The van der Waals surface area contributed by atoms with Gasteiger partial charge in [0.1, 0.15) is 6.04 Å². The molecule has 0 unspecified atom stereocenters. The van der Waals surface area contributed by atoms with Gasteiger partial charge < -0.3 is 15.1 Å². The summed E-state index contributed by atoms with van der Waals surface area (Å²) >= 11 is 0. The second-order valence-electron chi connectivity index (χ2n) is 6.84. The number of amides is 1. The summed E-state index contributed by atoms with van der Waals surface area (Å²) in [4.78, 5) is 12.8.